The molecular weight excluding hydrogens is 216 g/mol. The van der Waals surface area contributed by atoms with Gasteiger partial charge in [0.05, 0.1) is 13.2 Å². The Bertz CT molecular complexity index is 348. The van der Waals surface area contributed by atoms with E-state index in [1.807, 2.05) is 37.3 Å². The van der Waals surface area contributed by atoms with Crippen LogP contribution in [0, 0.1) is 0 Å². The molecule has 0 aliphatic carbocycles. The molecule has 1 atom stereocenters. The Labute approximate surface area is 102 Å². The minimum absolute atomic E-state index is 0.219. The van der Waals surface area contributed by atoms with Crippen molar-refractivity contribution in [2.24, 2.45) is 0 Å². The van der Waals surface area contributed by atoms with Crippen LogP contribution >= 0.6 is 0 Å². The molecule has 17 heavy (non-hydrogen) atoms. The van der Waals surface area contributed by atoms with Crippen molar-refractivity contribution in [1.29, 1.82) is 0 Å². The van der Waals surface area contributed by atoms with E-state index in [0.717, 1.165) is 12.0 Å². The number of benzene rings is 1. The lowest BCUT2D eigenvalue weighted by Gasteiger charge is -2.29. The van der Waals surface area contributed by atoms with E-state index >= 15 is 0 Å². The quantitative estimate of drug-likeness (QED) is 0.771. The summed E-state index contributed by atoms with van der Waals surface area (Å²) < 4.78 is 5.11. The van der Waals surface area contributed by atoms with Gasteiger partial charge in [-0.1, -0.05) is 43.7 Å². The third-order valence-electron chi connectivity index (χ3n) is 2.94. The van der Waals surface area contributed by atoms with Gasteiger partial charge in [0.2, 0.25) is 0 Å². The van der Waals surface area contributed by atoms with Crippen LogP contribution in [0.25, 0.3) is 0 Å². The minimum Gasteiger partial charge on any atom is -0.465 e. The molecule has 1 aromatic rings. The van der Waals surface area contributed by atoms with Crippen LogP contribution in [0.5, 0.6) is 0 Å². The summed E-state index contributed by atoms with van der Waals surface area (Å²) >= 11 is 0. The zero-order valence-electron chi connectivity index (χ0n) is 10.5. The molecule has 0 aliphatic heterocycles. The Balaban J connectivity index is 3.12. The van der Waals surface area contributed by atoms with Crippen molar-refractivity contribution in [2.45, 2.75) is 32.1 Å². The molecule has 0 bridgehead atoms. The number of ether oxygens (including phenoxy) is 1. The predicted octanol–water partition coefficient (Wildman–Crippen LogP) is 2.28. The maximum absolute atomic E-state index is 12.1. The molecule has 0 amide bonds. The van der Waals surface area contributed by atoms with Crippen LogP contribution in [0.1, 0.15) is 32.3 Å². The van der Waals surface area contributed by atoms with Crippen LogP contribution in [0.4, 0.5) is 0 Å². The average Bonchev–Trinajstić information content (AvgIpc) is 2.37. The molecule has 1 rings (SSSR count). The van der Waals surface area contributed by atoms with Gasteiger partial charge in [0.25, 0.3) is 0 Å². The Morgan fingerprint density at radius 2 is 1.94 bits per heavy atom. The zero-order valence-corrected chi connectivity index (χ0v) is 10.5. The third-order valence-corrected chi connectivity index (χ3v) is 2.94. The third kappa shape index (κ3) is 2.86. The van der Waals surface area contributed by atoms with E-state index in [-0.39, 0.29) is 12.6 Å². The maximum atomic E-state index is 12.1. The fraction of sp³-hybridized carbons (Fsp3) is 0.500. The van der Waals surface area contributed by atoms with Gasteiger partial charge in [-0.2, -0.15) is 0 Å². The van der Waals surface area contributed by atoms with E-state index < -0.39 is 5.41 Å². The number of carbonyl (C=O) groups excluding carboxylic acids is 1. The maximum Gasteiger partial charge on any atom is 0.318 e. The van der Waals surface area contributed by atoms with Crippen molar-refractivity contribution in [3.05, 3.63) is 35.9 Å². The van der Waals surface area contributed by atoms with Crippen molar-refractivity contribution in [3.8, 4) is 0 Å². The van der Waals surface area contributed by atoms with Gasteiger partial charge in [-0.05, 0) is 18.9 Å². The van der Waals surface area contributed by atoms with Crippen LogP contribution in [0.2, 0.25) is 0 Å². The van der Waals surface area contributed by atoms with E-state index in [4.69, 9.17) is 4.74 Å². The SMILES string of the molecule is CCCC(CO)(C(=O)OCC)c1ccccc1. The summed E-state index contributed by atoms with van der Waals surface area (Å²) in [5.74, 6) is -0.337. The highest BCUT2D eigenvalue weighted by Crippen LogP contribution is 2.30. The summed E-state index contributed by atoms with van der Waals surface area (Å²) in [4.78, 5) is 12.1. The van der Waals surface area contributed by atoms with E-state index in [0.29, 0.717) is 13.0 Å². The summed E-state index contributed by atoms with van der Waals surface area (Å²) in [5, 5.41) is 9.66. The van der Waals surface area contributed by atoms with Crippen molar-refractivity contribution < 1.29 is 14.6 Å². The van der Waals surface area contributed by atoms with Gasteiger partial charge in [-0.15, -0.1) is 0 Å². The Hall–Kier alpha value is -1.35. The normalized spacial score (nSPS) is 14.1. The van der Waals surface area contributed by atoms with Crippen LogP contribution in [-0.4, -0.2) is 24.3 Å². The summed E-state index contributed by atoms with van der Waals surface area (Å²) in [5.41, 5.74) is -0.0887. The van der Waals surface area contributed by atoms with Gasteiger partial charge in [0, 0.05) is 0 Å². The molecule has 0 aliphatic rings. The highest BCUT2D eigenvalue weighted by molar-refractivity contribution is 5.83. The molecule has 0 heterocycles. The monoisotopic (exact) mass is 236 g/mol. The summed E-state index contributed by atoms with van der Waals surface area (Å²) in [6.07, 6.45) is 1.40. The second kappa shape index (κ2) is 6.40. The van der Waals surface area contributed by atoms with Crippen molar-refractivity contribution in [2.75, 3.05) is 13.2 Å². The standard InChI is InChI=1S/C14H20O3/c1-3-10-14(11-15,13(16)17-4-2)12-8-6-5-7-9-12/h5-9,15H,3-4,10-11H2,1-2H3. The van der Waals surface area contributed by atoms with E-state index in [1.165, 1.54) is 0 Å². The molecule has 1 N–H and O–H groups in total. The van der Waals surface area contributed by atoms with Gasteiger partial charge < -0.3 is 9.84 Å². The molecule has 3 nitrogen and oxygen atoms in total. The van der Waals surface area contributed by atoms with Crippen LogP contribution in [0.15, 0.2) is 30.3 Å². The van der Waals surface area contributed by atoms with Gasteiger partial charge in [0.15, 0.2) is 0 Å². The van der Waals surface area contributed by atoms with Crippen molar-refractivity contribution >= 4 is 5.97 Å². The molecule has 0 saturated heterocycles. The predicted molar refractivity (Wildman–Crippen MR) is 66.7 cm³/mol. The molecule has 0 fully saturated rings. The van der Waals surface area contributed by atoms with E-state index in [1.54, 1.807) is 6.92 Å². The minimum atomic E-state index is -0.911. The zero-order chi connectivity index (χ0) is 12.7. The Kier molecular flexibility index (Phi) is 5.16. The molecule has 0 aromatic heterocycles. The summed E-state index contributed by atoms with van der Waals surface area (Å²) in [6, 6.07) is 9.36. The van der Waals surface area contributed by atoms with Crippen LogP contribution in [0.3, 0.4) is 0 Å². The molecule has 0 saturated carbocycles. The first-order chi connectivity index (χ1) is 8.21. The fourth-order valence-corrected chi connectivity index (χ4v) is 2.05. The lowest BCUT2D eigenvalue weighted by Crippen LogP contribution is -2.41. The highest BCUT2D eigenvalue weighted by Gasteiger charge is 2.40. The lowest BCUT2D eigenvalue weighted by atomic mass is 9.77. The van der Waals surface area contributed by atoms with Crippen LogP contribution in [-0.2, 0) is 14.9 Å². The van der Waals surface area contributed by atoms with Gasteiger partial charge in [0.1, 0.15) is 5.41 Å². The Morgan fingerprint density at radius 1 is 1.29 bits per heavy atom. The number of hydrogen-bond donors (Lipinski definition) is 1. The largest absolute Gasteiger partial charge is 0.465 e. The van der Waals surface area contributed by atoms with Crippen molar-refractivity contribution in [1.82, 2.24) is 0 Å². The van der Waals surface area contributed by atoms with Gasteiger partial charge >= 0.3 is 5.97 Å². The second-order valence-electron chi connectivity index (χ2n) is 4.08. The van der Waals surface area contributed by atoms with E-state index in [2.05, 4.69) is 0 Å². The molecule has 3 heteroatoms. The summed E-state index contributed by atoms with van der Waals surface area (Å²) in [6.45, 7) is 3.88. The first kappa shape index (κ1) is 13.7. The highest BCUT2D eigenvalue weighted by atomic mass is 16.5. The summed E-state index contributed by atoms with van der Waals surface area (Å²) in [7, 11) is 0. The number of aliphatic hydroxyl groups is 1. The number of aliphatic hydroxyl groups excluding tert-OH is 1. The Morgan fingerprint density at radius 3 is 2.41 bits per heavy atom. The smallest absolute Gasteiger partial charge is 0.318 e. The molecule has 0 radical (unpaired) electrons. The van der Waals surface area contributed by atoms with E-state index in [9.17, 15) is 9.90 Å². The molecule has 94 valence electrons. The second-order valence-corrected chi connectivity index (χ2v) is 4.08. The number of rotatable bonds is 6. The molecular formula is C14H20O3. The number of esters is 1. The lowest BCUT2D eigenvalue weighted by molar-refractivity contribution is -0.152. The number of carbonyl (C=O) groups is 1. The van der Waals surface area contributed by atoms with Crippen molar-refractivity contribution in [3.63, 3.8) is 0 Å². The van der Waals surface area contributed by atoms with Gasteiger partial charge in [-0.25, -0.2) is 0 Å². The topological polar surface area (TPSA) is 46.5 Å². The molecule has 0 spiro atoms. The first-order valence-corrected chi connectivity index (χ1v) is 6.05. The van der Waals surface area contributed by atoms with Crippen LogP contribution < -0.4 is 0 Å². The van der Waals surface area contributed by atoms with Gasteiger partial charge in [-0.3, -0.25) is 4.79 Å². The fourth-order valence-electron chi connectivity index (χ4n) is 2.05. The average molecular weight is 236 g/mol. The molecule has 1 unspecified atom stereocenters. The molecule has 1 aromatic carbocycles. The first-order valence-electron chi connectivity index (χ1n) is 6.05. The number of hydrogen-bond acceptors (Lipinski definition) is 3.